The highest BCUT2D eigenvalue weighted by molar-refractivity contribution is 5.47. The summed E-state index contributed by atoms with van der Waals surface area (Å²) in [5, 5.41) is 17.8. The molecule has 2 aromatic rings. The van der Waals surface area contributed by atoms with E-state index in [1.165, 1.54) is 0 Å². The Kier molecular flexibility index (Phi) is 3.27. The fourth-order valence-electron chi connectivity index (χ4n) is 1.60. The number of aryl methyl sites for hydroxylation is 1. The van der Waals surface area contributed by atoms with Crippen LogP contribution < -0.4 is 4.74 Å². The van der Waals surface area contributed by atoms with Crippen LogP contribution in [0.1, 0.15) is 16.7 Å². The Morgan fingerprint density at radius 2 is 1.67 bits per heavy atom. The molecule has 2 rings (SSSR count). The Labute approximate surface area is 105 Å². The largest absolute Gasteiger partial charge is 0.456 e. The first-order valence-electron chi connectivity index (χ1n) is 5.42. The molecule has 0 radical (unpaired) electrons. The van der Waals surface area contributed by atoms with Gasteiger partial charge in [0.2, 0.25) is 0 Å². The van der Waals surface area contributed by atoms with E-state index in [0.717, 1.165) is 5.56 Å². The molecule has 3 heteroatoms. The van der Waals surface area contributed by atoms with Crippen molar-refractivity contribution in [2.24, 2.45) is 0 Å². The molecule has 3 nitrogen and oxygen atoms in total. The summed E-state index contributed by atoms with van der Waals surface area (Å²) < 4.78 is 5.65. The molecule has 0 aliphatic heterocycles. The summed E-state index contributed by atoms with van der Waals surface area (Å²) in [6.45, 7) is 1.85. The van der Waals surface area contributed by atoms with Gasteiger partial charge in [0.15, 0.2) is 0 Å². The van der Waals surface area contributed by atoms with Crippen LogP contribution in [0.5, 0.6) is 11.5 Å². The standard InChI is InChI=1S/C15H10N2O/c1-11-8-14(7-6-12(11)9-16)18-15-5-3-2-4-13(15)10-17/h2-8H,1H3. The summed E-state index contributed by atoms with van der Waals surface area (Å²) in [5.74, 6) is 1.14. The SMILES string of the molecule is Cc1cc(Oc2ccccc2C#N)ccc1C#N. The fraction of sp³-hybridized carbons (Fsp3) is 0.0667. The lowest BCUT2D eigenvalue weighted by molar-refractivity contribution is 0.480. The summed E-state index contributed by atoms with van der Waals surface area (Å²) in [6, 6.07) is 16.4. The zero-order valence-corrected chi connectivity index (χ0v) is 9.84. The number of hydrogen-bond acceptors (Lipinski definition) is 3. The molecule has 0 saturated carbocycles. The molecule has 0 N–H and O–H groups in total. The van der Waals surface area contributed by atoms with Crippen LogP contribution in [-0.4, -0.2) is 0 Å². The molecule has 0 aliphatic carbocycles. The van der Waals surface area contributed by atoms with Crippen molar-refractivity contribution in [2.75, 3.05) is 0 Å². The van der Waals surface area contributed by atoms with E-state index in [4.69, 9.17) is 15.3 Å². The van der Waals surface area contributed by atoms with Crippen molar-refractivity contribution in [3.05, 3.63) is 59.2 Å². The van der Waals surface area contributed by atoms with Crippen molar-refractivity contribution in [1.29, 1.82) is 10.5 Å². The van der Waals surface area contributed by atoms with Crippen LogP contribution >= 0.6 is 0 Å². The molecule has 0 aliphatic rings. The first kappa shape index (κ1) is 11.7. The molecule has 0 amide bonds. The second kappa shape index (κ2) is 5.03. The molecule has 0 atom stereocenters. The van der Waals surface area contributed by atoms with E-state index >= 15 is 0 Å². The maximum Gasteiger partial charge on any atom is 0.145 e. The van der Waals surface area contributed by atoms with Crippen molar-refractivity contribution in [3.63, 3.8) is 0 Å². The van der Waals surface area contributed by atoms with E-state index in [0.29, 0.717) is 22.6 Å². The van der Waals surface area contributed by atoms with E-state index in [1.54, 1.807) is 36.4 Å². The minimum Gasteiger partial charge on any atom is -0.456 e. The molecule has 0 aromatic heterocycles. The summed E-state index contributed by atoms with van der Waals surface area (Å²) in [5.41, 5.74) is 1.96. The third kappa shape index (κ3) is 2.31. The lowest BCUT2D eigenvalue weighted by Crippen LogP contribution is -1.89. The van der Waals surface area contributed by atoms with Gasteiger partial charge in [-0.15, -0.1) is 0 Å². The van der Waals surface area contributed by atoms with Crippen molar-refractivity contribution in [3.8, 4) is 23.6 Å². The number of ether oxygens (including phenoxy) is 1. The number of nitrogens with zero attached hydrogens (tertiary/aromatic N) is 2. The molecule has 0 heterocycles. The summed E-state index contributed by atoms with van der Waals surface area (Å²) in [6.07, 6.45) is 0. The Morgan fingerprint density at radius 1 is 0.944 bits per heavy atom. The van der Waals surface area contributed by atoms with Gasteiger partial charge in [0.05, 0.1) is 17.2 Å². The average molecular weight is 234 g/mol. The second-order valence-electron chi connectivity index (χ2n) is 3.80. The lowest BCUT2D eigenvalue weighted by Gasteiger charge is -2.08. The van der Waals surface area contributed by atoms with E-state index in [2.05, 4.69) is 12.1 Å². The number of hydrogen-bond donors (Lipinski definition) is 0. The Bertz CT molecular complexity index is 663. The number of benzene rings is 2. The fourth-order valence-corrected chi connectivity index (χ4v) is 1.60. The Hall–Kier alpha value is -2.78. The van der Waals surface area contributed by atoms with Gasteiger partial charge in [-0.2, -0.15) is 10.5 Å². The molecular weight excluding hydrogens is 224 g/mol. The van der Waals surface area contributed by atoms with Crippen molar-refractivity contribution < 1.29 is 4.74 Å². The lowest BCUT2D eigenvalue weighted by atomic mass is 10.1. The monoisotopic (exact) mass is 234 g/mol. The van der Waals surface area contributed by atoms with Crippen LogP contribution in [0.2, 0.25) is 0 Å². The highest BCUT2D eigenvalue weighted by atomic mass is 16.5. The van der Waals surface area contributed by atoms with Gasteiger partial charge in [0, 0.05) is 0 Å². The third-order valence-electron chi connectivity index (χ3n) is 2.55. The van der Waals surface area contributed by atoms with E-state index in [1.807, 2.05) is 13.0 Å². The number of para-hydroxylation sites is 1. The summed E-state index contributed by atoms with van der Waals surface area (Å²) in [4.78, 5) is 0. The van der Waals surface area contributed by atoms with Gasteiger partial charge in [-0.05, 0) is 42.8 Å². The molecule has 0 spiro atoms. The first-order valence-corrected chi connectivity index (χ1v) is 5.42. The molecule has 0 saturated heterocycles. The second-order valence-corrected chi connectivity index (χ2v) is 3.80. The van der Waals surface area contributed by atoms with E-state index < -0.39 is 0 Å². The quantitative estimate of drug-likeness (QED) is 0.798. The zero-order chi connectivity index (χ0) is 13.0. The number of rotatable bonds is 2. The minimum absolute atomic E-state index is 0.486. The van der Waals surface area contributed by atoms with Gasteiger partial charge in [-0.25, -0.2) is 0 Å². The molecular formula is C15H10N2O. The van der Waals surface area contributed by atoms with Crippen molar-refractivity contribution in [1.82, 2.24) is 0 Å². The van der Waals surface area contributed by atoms with Crippen LogP contribution in [0.25, 0.3) is 0 Å². The maximum atomic E-state index is 8.96. The minimum atomic E-state index is 0.486. The van der Waals surface area contributed by atoms with E-state index in [-0.39, 0.29) is 0 Å². The van der Waals surface area contributed by atoms with Crippen molar-refractivity contribution >= 4 is 0 Å². The highest BCUT2D eigenvalue weighted by Crippen LogP contribution is 2.26. The maximum absolute atomic E-state index is 8.96. The summed E-state index contributed by atoms with van der Waals surface area (Å²) in [7, 11) is 0. The van der Waals surface area contributed by atoms with Crippen LogP contribution in [0.3, 0.4) is 0 Å². The topological polar surface area (TPSA) is 56.8 Å². The molecule has 0 fully saturated rings. The van der Waals surface area contributed by atoms with Gasteiger partial charge in [-0.1, -0.05) is 12.1 Å². The zero-order valence-electron chi connectivity index (χ0n) is 9.84. The predicted molar refractivity (Wildman–Crippen MR) is 67.1 cm³/mol. The van der Waals surface area contributed by atoms with Crippen LogP contribution in [0, 0.1) is 29.6 Å². The Balaban J connectivity index is 2.33. The molecule has 0 unspecified atom stereocenters. The van der Waals surface area contributed by atoms with Gasteiger partial charge in [0.1, 0.15) is 17.6 Å². The molecule has 0 bridgehead atoms. The van der Waals surface area contributed by atoms with Gasteiger partial charge in [0.25, 0.3) is 0 Å². The average Bonchev–Trinajstić information content (AvgIpc) is 2.39. The molecule has 2 aromatic carbocycles. The van der Waals surface area contributed by atoms with Crippen LogP contribution in [-0.2, 0) is 0 Å². The Morgan fingerprint density at radius 3 is 2.33 bits per heavy atom. The first-order chi connectivity index (χ1) is 8.74. The predicted octanol–water partition coefficient (Wildman–Crippen LogP) is 3.53. The smallest absolute Gasteiger partial charge is 0.145 e. The van der Waals surface area contributed by atoms with E-state index in [9.17, 15) is 0 Å². The highest BCUT2D eigenvalue weighted by Gasteiger charge is 2.05. The number of nitriles is 2. The van der Waals surface area contributed by atoms with Gasteiger partial charge < -0.3 is 4.74 Å². The molecule has 18 heavy (non-hydrogen) atoms. The van der Waals surface area contributed by atoms with Crippen molar-refractivity contribution in [2.45, 2.75) is 6.92 Å². The van der Waals surface area contributed by atoms with Gasteiger partial charge >= 0.3 is 0 Å². The molecule has 86 valence electrons. The summed E-state index contributed by atoms with van der Waals surface area (Å²) >= 11 is 0. The normalized spacial score (nSPS) is 9.28. The third-order valence-corrected chi connectivity index (χ3v) is 2.55. The van der Waals surface area contributed by atoms with Crippen LogP contribution in [0.4, 0.5) is 0 Å². The van der Waals surface area contributed by atoms with Gasteiger partial charge in [-0.3, -0.25) is 0 Å². The van der Waals surface area contributed by atoms with Crippen LogP contribution in [0.15, 0.2) is 42.5 Å².